The van der Waals surface area contributed by atoms with Crippen LogP contribution in [0.25, 0.3) is 0 Å². The van der Waals surface area contributed by atoms with Gasteiger partial charge in [-0.25, -0.2) is 0 Å². The van der Waals surface area contributed by atoms with E-state index in [2.05, 4.69) is 30.5 Å². The van der Waals surface area contributed by atoms with Crippen LogP contribution in [0.15, 0.2) is 24.4 Å². The first-order valence-corrected chi connectivity index (χ1v) is 7.64. The molecule has 1 aliphatic rings. The van der Waals surface area contributed by atoms with Gasteiger partial charge in [0, 0.05) is 18.8 Å². The lowest BCUT2D eigenvalue weighted by Crippen LogP contribution is -2.38. The van der Waals surface area contributed by atoms with Gasteiger partial charge in [0.1, 0.15) is 0 Å². The van der Waals surface area contributed by atoms with E-state index in [4.69, 9.17) is 15.2 Å². The first-order valence-electron chi connectivity index (χ1n) is 7.64. The minimum absolute atomic E-state index is 0.173. The average molecular weight is 290 g/mol. The largest absolute Gasteiger partial charge is 0.493 e. The van der Waals surface area contributed by atoms with E-state index < -0.39 is 0 Å². The minimum Gasteiger partial charge on any atom is -0.493 e. The quantitative estimate of drug-likeness (QED) is 0.875. The van der Waals surface area contributed by atoms with E-state index in [0.717, 1.165) is 36.6 Å². The second-order valence-corrected chi connectivity index (χ2v) is 5.25. The van der Waals surface area contributed by atoms with Gasteiger partial charge in [-0.15, -0.1) is 0 Å². The standard InChI is InChI=1S/C17H26N2O2/c1-5-12(3)19-8-7-13-9-16(20-4)17(21-6-2)10-14(13)15(19)11-18/h9-10,15H,3,5-8,11,18H2,1-2,4H3. The molecular formula is C17H26N2O2. The summed E-state index contributed by atoms with van der Waals surface area (Å²) in [7, 11) is 1.68. The van der Waals surface area contributed by atoms with Crippen LogP contribution < -0.4 is 15.2 Å². The topological polar surface area (TPSA) is 47.7 Å². The Labute approximate surface area is 127 Å². The number of nitrogens with two attached hydrogens (primary N) is 1. The molecule has 0 saturated heterocycles. The fourth-order valence-corrected chi connectivity index (χ4v) is 2.97. The Morgan fingerprint density at radius 1 is 1.38 bits per heavy atom. The fourth-order valence-electron chi connectivity index (χ4n) is 2.97. The molecule has 0 spiro atoms. The van der Waals surface area contributed by atoms with Crippen LogP contribution in [-0.2, 0) is 6.42 Å². The number of benzene rings is 1. The van der Waals surface area contributed by atoms with Gasteiger partial charge in [-0.2, -0.15) is 0 Å². The van der Waals surface area contributed by atoms with Gasteiger partial charge >= 0.3 is 0 Å². The smallest absolute Gasteiger partial charge is 0.161 e. The van der Waals surface area contributed by atoms with E-state index in [1.54, 1.807) is 7.11 Å². The summed E-state index contributed by atoms with van der Waals surface area (Å²) in [6.45, 7) is 10.4. The number of ether oxygens (including phenoxy) is 2. The van der Waals surface area contributed by atoms with Gasteiger partial charge < -0.3 is 20.1 Å². The van der Waals surface area contributed by atoms with Crippen molar-refractivity contribution in [1.29, 1.82) is 0 Å². The SMILES string of the molecule is C=C(CC)N1CCc2cc(OC)c(OCC)cc2C1CN. The van der Waals surface area contributed by atoms with E-state index in [0.29, 0.717) is 13.2 Å². The fraction of sp³-hybridized carbons (Fsp3) is 0.529. The van der Waals surface area contributed by atoms with Gasteiger partial charge in [0.05, 0.1) is 19.8 Å². The second kappa shape index (κ2) is 6.85. The molecule has 1 aromatic rings. The molecule has 0 amide bonds. The number of rotatable bonds is 6. The zero-order valence-electron chi connectivity index (χ0n) is 13.3. The molecule has 1 unspecified atom stereocenters. The van der Waals surface area contributed by atoms with Crippen LogP contribution in [0.5, 0.6) is 11.5 Å². The molecule has 0 radical (unpaired) electrons. The Bertz CT molecular complexity index is 514. The van der Waals surface area contributed by atoms with Crippen LogP contribution in [0.4, 0.5) is 0 Å². The van der Waals surface area contributed by atoms with Crippen molar-refractivity contribution in [2.45, 2.75) is 32.7 Å². The molecule has 0 aliphatic carbocycles. The zero-order valence-corrected chi connectivity index (χ0v) is 13.3. The summed E-state index contributed by atoms with van der Waals surface area (Å²) in [5.74, 6) is 1.59. The van der Waals surface area contributed by atoms with E-state index in [1.165, 1.54) is 11.1 Å². The number of hydrogen-bond donors (Lipinski definition) is 1. The van der Waals surface area contributed by atoms with Crippen LogP contribution >= 0.6 is 0 Å². The maximum atomic E-state index is 6.04. The first kappa shape index (κ1) is 15.7. The lowest BCUT2D eigenvalue weighted by molar-refractivity contribution is 0.238. The predicted octanol–water partition coefficient (Wildman–Crippen LogP) is 2.88. The third-order valence-electron chi connectivity index (χ3n) is 4.12. The van der Waals surface area contributed by atoms with E-state index in [-0.39, 0.29) is 6.04 Å². The highest BCUT2D eigenvalue weighted by Crippen LogP contribution is 2.39. The molecule has 4 nitrogen and oxygen atoms in total. The lowest BCUT2D eigenvalue weighted by atomic mass is 9.91. The monoisotopic (exact) mass is 290 g/mol. The van der Waals surface area contributed by atoms with Gasteiger partial charge in [-0.1, -0.05) is 13.5 Å². The highest BCUT2D eigenvalue weighted by Gasteiger charge is 2.28. The van der Waals surface area contributed by atoms with E-state index >= 15 is 0 Å². The van der Waals surface area contributed by atoms with Crippen molar-refractivity contribution in [3.8, 4) is 11.5 Å². The van der Waals surface area contributed by atoms with Crippen molar-refractivity contribution < 1.29 is 9.47 Å². The first-order chi connectivity index (χ1) is 10.2. The normalized spacial score (nSPS) is 17.3. The average Bonchev–Trinajstić information content (AvgIpc) is 2.52. The molecule has 21 heavy (non-hydrogen) atoms. The number of nitrogens with zero attached hydrogens (tertiary/aromatic N) is 1. The number of methoxy groups -OCH3 is 1. The third-order valence-corrected chi connectivity index (χ3v) is 4.12. The Morgan fingerprint density at radius 3 is 2.71 bits per heavy atom. The Morgan fingerprint density at radius 2 is 2.14 bits per heavy atom. The number of fused-ring (bicyclic) bond motifs is 1. The molecule has 4 heteroatoms. The Balaban J connectivity index is 2.43. The van der Waals surface area contributed by atoms with Crippen molar-refractivity contribution in [1.82, 2.24) is 4.90 Å². The summed E-state index contributed by atoms with van der Waals surface area (Å²) >= 11 is 0. The molecular weight excluding hydrogens is 264 g/mol. The summed E-state index contributed by atoms with van der Waals surface area (Å²) in [6, 6.07) is 4.35. The predicted molar refractivity (Wildman–Crippen MR) is 85.8 cm³/mol. The Hall–Kier alpha value is -1.68. The number of hydrogen-bond acceptors (Lipinski definition) is 4. The van der Waals surface area contributed by atoms with Crippen molar-refractivity contribution in [3.63, 3.8) is 0 Å². The van der Waals surface area contributed by atoms with Crippen LogP contribution in [0.3, 0.4) is 0 Å². The Kier molecular flexibility index (Phi) is 5.12. The van der Waals surface area contributed by atoms with Crippen LogP contribution in [-0.4, -0.2) is 31.7 Å². The maximum Gasteiger partial charge on any atom is 0.161 e. The van der Waals surface area contributed by atoms with Crippen LogP contribution in [0.2, 0.25) is 0 Å². The van der Waals surface area contributed by atoms with Gasteiger partial charge in [0.2, 0.25) is 0 Å². The summed E-state index contributed by atoms with van der Waals surface area (Å²) in [6.07, 6.45) is 1.92. The van der Waals surface area contributed by atoms with Crippen molar-refractivity contribution in [2.24, 2.45) is 5.73 Å². The minimum atomic E-state index is 0.173. The molecule has 1 aromatic carbocycles. The molecule has 2 rings (SSSR count). The van der Waals surface area contributed by atoms with Gasteiger partial charge in [0.15, 0.2) is 11.5 Å². The maximum absolute atomic E-state index is 6.04. The molecule has 2 N–H and O–H groups in total. The second-order valence-electron chi connectivity index (χ2n) is 5.25. The van der Waals surface area contributed by atoms with E-state index in [1.807, 2.05) is 6.92 Å². The highest BCUT2D eigenvalue weighted by molar-refractivity contribution is 5.50. The molecule has 0 saturated carbocycles. The molecule has 0 aromatic heterocycles. The van der Waals surface area contributed by atoms with Gasteiger partial charge in [-0.3, -0.25) is 0 Å². The van der Waals surface area contributed by atoms with Crippen molar-refractivity contribution >= 4 is 0 Å². The summed E-state index contributed by atoms with van der Waals surface area (Å²) < 4.78 is 11.1. The molecule has 1 aliphatic heterocycles. The molecule has 0 fully saturated rings. The molecule has 1 atom stereocenters. The summed E-state index contributed by atoms with van der Waals surface area (Å²) in [4.78, 5) is 2.32. The summed E-state index contributed by atoms with van der Waals surface area (Å²) in [5, 5.41) is 0. The molecule has 0 bridgehead atoms. The third kappa shape index (κ3) is 3.00. The highest BCUT2D eigenvalue weighted by atomic mass is 16.5. The number of allylic oxidation sites excluding steroid dienone is 1. The van der Waals surface area contributed by atoms with Crippen LogP contribution in [0, 0.1) is 0 Å². The lowest BCUT2D eigenvalue weighted by Gasteiger charge is -2.39. The zero-order chi connectivity index (χ0) is 15.4. The van der Waals surface area contributed by atoms with Crippen molar-refractivity contribution in [3.05, 3.63) is 35.5 Å². The van der Waals surface area contributed by atoms with Crippen molar-refractivity contribution in [2.75, 3.05) is 26.8 Å². The van der Waals surface area contributed by atoms with Crippen LogP contribution in [0.1, 0.15) is 37.4 Å². The van der Waals surface area contributed by atoms with Gasteiger partial charge in [0.25, 0.3) is 0 Å². The molecule has 116 valence electrons. The summed E-state index contributed by atoms with van der Waals surface area (Å²) in [5.41, 5.74) is 9.72. The van der Waals surface area contributed by atoms with Gasteiger partial charge in [-0.05, 0) is 43.0 Å². The van der Waals surface area contributed by atoms with E-state index in [9.17, 15) is 0 Å². The molecule has 1 heterocycles.